The summed E-state index contributed by atoms with van der Waals surface area (Å²) in [6.45, 7) is 16.0. The summed E-state index contributed by atoms with van der Waals surface area (Å²) in [5.41, 5.74) is 0. The molecule has 4 heteroatoms. The number of nitrogens with zero attached hydrogens (tertiary/aromatic N) is 2. The van der Waals surface area contributed by atoms with Gasteiger partial charge in [0.05, 0.1) is 6.61 Å². The van der Waals surface area contributed by atoms with E-state index in [1.54, 1.807) is 0 Å². The number of carbonyl (C=O) groups excluding carboxylic acids is 1. The minimum absolute atomic E-state index is 0.0744. The highest BCUT2D eigenvalue weighted by Crippen LogP contribution is 2.08. The Hall–Kier alpha value is -0.610. The van der Waals surface area contributed by atoms with Gasteiger partial charge in [0.25, 0.3) is 0 Å². The molecule has 0 saturated carbocycles. The molecule has 0 aromatic heterocycles. The van der Waals surface area contributed by atoms with Crippen molar-refractivity contribution in [3.63, 3.8) is 0 Å². The molecule has 0 aliphatic carbocycles. The van der Waals surface area contributed by atoms with Crippen LogP contribution in [0.5, 0.6) is 0 Å². The van der Waals surface area contributed by atoms with E-state index in [4.69, 9.17) is 4.74 Å². The maximum Gasteiger partial charge on any atom is 0.323 e. The molecule has 0 aliphatic rings. The van der Waals surface area contributed by atoms with Crippen LogP contribution in [0.25, 0.3) is 0 Å². The predicted molar refractivity (Wildman–Crippen MR) is 80.4 cm³/mol. The van der Waals surface area contributed by atoms with E-state index in [-0.39, 0.29) is 12.0 Å². The van der Waals surface area contributed by atoms with Crippen molar-refractivity contribution in [2.75, 3.05) is 39.3 Å². The first-order valence-corrected chi connectivity index (χ1v) is 7.77. The van der Waals surface area contributed by atoms with Crippen LogP contribution in [0.15, 0.2) is 0 Å². The van der Waals surface area contributed by atoms with E-state index < -0.39 is 0 Å². The highest BCUT2D eigenvalue weighted by atomic mass is 16.5. The van der Waals surface area contributed by atoms with Gasteiger partial charge in [0.1, 0.15) is 6.04 Å². The highest BCUT2D eigenvalue weighted by Gasteiger charge is 2.23. The van der Waals surface area contributed by atoms with E-state index in [0.717, 1.165) is 45.6 Å². The number of ether oxygens (including phenoxy) is 1. The summed E-state index contributed by atoms with van der Waals surface area (Å²) in [7, 11) is 0. The maximum atomic E-state index is 11.9. The molecule has 0 aromatic rings. The average Bonchev–Trinajstić information content (AvgIpc) is 2.42. The van der Waals surface area contributed by atoms with Crippen molar-refractivity contribution in [2.24, 2.45) is 0 Å². The first-order chi connectivity index (χ1) is 9.14. The zero-order chi connectivity index (χ0) is 14.7. The monoisotopic (exact) mass is 272 g/mol. The molecule has 0 spiro atoms. The fourth-order valence-corrected chi connectivity index (χ4v) is 2.38. The lowest BCUT2D eigenvalue weighted by Gasteiger charge is -2.29. The van der Waals surface area contributed by atoms with Crippen molar-refractivity contribution < 1.29 is 9.53 Å². The molecule has 1 atom stereocenters. The molecule has 0 N–H and O–H groups in total. The molecule has 0 fully saturated rings. The van der Waals surface area contributed by atoms with Crippen molar-refractivity contribution in [1.29, 1.82) is 0 Å². The lowest BCUT2D eigenvalue weighted by Crippen LogP contribution is -2.43. The molecule has 0 aromatic carbocycles. The molecule has 114 valence electrons. The van der Waals surface area contributed by atoms with E-state index in [1.165, 1.54) is 0 Å². The fraction of sp³-hybridized carbons (Fsp3) is 0.933. The largest absolute Gasteiger partial charge is 0.465 e. The summed E-state index contributed by atoms with van der Waals surface area (Å²) in [6, 6.07) is -0.0818. The van der Waals surface area contributed by atoms with Gasteiger partial charge in [-0.15, -0.1) is 0 Å². The van der Waals surface area contributed by atoms with Crippen LogP contribution in [0, 0.1) is 0 Å². The summed E-state index contributed by atoms with van der Waals surface area (Å²) < 4.78 is 5.16. The molecule has 0 radical (unpaired) electrons. The molecule has 1 unspecified atom stereocenters. The summed E-state index contributed by atoms with van der Waals surface area (Å²) in [5, 5.41) is 0. The summed E-state index contributed by atoms with van der Waals surface area (Å²) >= 11 is 0. The number of hydrogen-bond acceptors (Lipinski definition) is 4. The zero-order valence-electron chi connectivity index (χ0n) is 13.4. The van der Waals surface area contributed by atoms with Gasteiger partial charge < -0.3 is 9.64 Å². The third-order valence-electron chi connectivity index (χ3n) is 3.61. The van der Waals surface area contributed by atoms with Gasteiger partial charge in [-0.2, -0.15) is 0 Å². The number of carbonyl (C=O) groups is 1. The number of esters is 1. The SMILES string of the molecule is CCOC(=O)C(CC)N(CC)CCCN(CC)CC. The lowest BCUT2D eigenvalue weighted by molar-refractivity contribution is -0.149. The third kappa shape index (κ3) is 6.92. The second-order valence-electron chi connectivity index (χ2n) is 4.69. The molecule has 0 heterocycles. The van der Waals surface area contributed by atoms with Crippen LogP contribution < -0.4 is 0 Å². The van der Waals surface area contributed by atoms with Crippen LogP contribution in [0.2, 0.25) is 0 Å². The number of hydrogen-bond donors (Lipinski definition) is 0. The maximum absolute atomic E-state index is 11.9. The predicted octanol–water partition coefficient (Wildman–Crippen LogP) is 2.38. The van der Waals surface area contributed by atoms with Crippen LogP contribution in [-0.2, 0) is 9.53 Å². The molecule has 0 bridgehead atoms. The molecule has 4 nitrogen and oxygen atoms in total. The van der Waals surface area contributed by atoms with Crippen molar-refractivity contribution in [2.45, 2.75) is 53.5 Å². The second-order valence-corrected chi connectivity index (χ2v) is 4.69. The molecule has 0 rings (SSSR count). The van der Waals surface area contributed by atoms with Gasteiger partial charge in [0.2, 0.25) is 0 Å². The summed E-state index contributed by atoms with van der Waals surface area (Å²) in [5.74, 6) is -0.0744. The molecule has 19 heavy (non-hydrogen) atoms. The Balaban J connectivity index is 4.26. The van der Waals surface area contributed by atoms with Crippen LogP contribution in [0.1, 0.15) is 47.5 Å². The van der Waals surface area contributed by atoms with E-state index >= 15 is 0 Å². The van der Waals surface area contributed by atoms with Gasteiger partial charge in [-0.25, -0.2) is 0 Å². The molecule has 0 saturated heterocycles. The smallest absolute Gasteiger partial charge is 0.323 e. The second kappa shape index (κ2) is 11.2. The minimum atomic E-state index is -0.0818. The lowest BCUT2D eigenvalue weighted by atomic mass is 10.2. The van der Waals surface area contributed by atoms with E-state index in [0.29, 0.717) is 6.61 Å². The quantitative estimate of drug-likeness (QED) is 0.541. The molecule has 0 aliphatic heterocycles. The van der Waals surface area contributed by atoms with Crippen LogP contribution in [0.4, 0.5) is 0 Å². The Labute approximate surface area is 119 Å². The standard InChI is InChI=1S/C15H32N2O2/c1-6-14(15(18)19-10-5)17(9-4)13-11-12-16(7-2)8-3/h14H,6-13H2,1-5H3. The van der Waals surface area contributed by atoms with Crippen molar-refractivity contribution >= 4 is 5.97 Å². The first-order valence-electron chi connectivity index (χ1n) is 7.77. The third-order valence-corrected chi connectivity index (χ3v) is 3.61. The molecular formula is C15H32N2O2. The Morgan fingerprint density at radius 2 is 1.63 bits per heavy atom. The van der Waals surface area contributed by atoms with Crippen LogP contribution >= 0.6 is 0 Å². The summed E-state index contributed by atoms with van der Waals surface area (Å²) in [4.78, 5) is 16.6. The zero-order valence-corrected chi connectivity index (χ0v) is 13.4. The molecular weight excluding hydrogens is 240 g/mol. The number of rotatable bonds is 11. The Bertz CT molecular complexity index is 230. The van der Waals surface area contributed by atoms with Gasteiger partial charge in [0, 0.05) is 6.54 Å². The Kier molecular flexibility index (Phi) is 10.9. The first kappa shape index (κ1) is 18.4. The minimum Gasteiger partial charge on any atom is -0.465 e. The van der Waals surface area contributed by atoms with Gasteiger partial charge in [0.15, 0.2) is 0 Å². The van der Waals surface area contributed by atoms with Crippen molar-refractivity contribution in [3.05, 3.63) is 0 Å². The van der Waals surface area contributed by atoms with Gasteiger partial charge in [-0.3, -0.25) is 9.69 Å². The molecule has 0 amide bonds. The summed E-state index contributed by atoms with van der Waals surface area (Å²) in [6.07, 6.45) is 1.92. The van der Waals surface area contributed by atoms with E-state index in [1.807, 2.05) is 6.92 Å². The fourth-order valence-electron chi connectivity index (χ4n) is 2.38. The highest BCUT2D eigenvalue weighted by molar-refractivity contribution is 5.75. The topological polar surface area (TPSA) is 32.8 Å². The van der Waals surface area contributed by atoms with E-state index in [9.17, 15) is 4.79 Å². The van der Waals surface area contributed by atoms with Crippen LogP contribution in [-0.4, -0.2) is 61.1 Å². The van der Waals surface area contributed by atoms with E-state index in [2.05, 4.69) is 37.5 Å². The van der Waals surface area contributed by atoms with Gasteiger partial charge in [-0.1, -0.05) is 27.7 Å². The Morgan fingerprint density at radius 3 is 2.05 bits per heavy atom. The average molecular weight is 272 g/mol. The van der Waals surface area contributed by atoms with Crippen LogP contribution in [0.3, 0.4) is 0 Å². The van der Waals surface area contributed by atoms with Crippen molar-refractivity contribution in [1.82, 2.24) is 9.80 Å². The van der Waals surface area contributed by atoms with Gasteiger partial charge >= 0.3 is 5.97 Å². The van der Waals surface area contributed by atoms with Gasteiger partial charge in [-0.05, 0) is 45.9 Å². The normalized spacial score (nSPS) is 13.0. The number of likely N-dealkylation sites (N-methyl/N-ethyl adjacent to an activating group) is 1. The van der Waals surface area contributed by atoms with Crippen molar-refractivity contribution in [3.8, 4) is 0 Å². The Morgan fingerprint density at radius 1 is 1.00 bits per heavy atom.